The Morgan fingerprint density at radius 1 is 0.913 bits per heavy atom. The molecule has 5 nitrogen and oxygen atoms in total. The van der Waals surface area contributed by atoms with Crippen LogP contribution in [0.1, 0.15) is 11.4 Å². The summed E-state index contributed by atoms with van der Waals surface area (Å²) in [7, 11) is 0. The lowest BCUT2D eigenvalue weighted by atomic mass is 10.0. The minimum absolute atomic E-state index is 0.331. The normalized spacial score (nSPS) is 13.5. The van der Waals surface area contributed by atoms with Crippen LogP contribution in [0, 0.1) is 0 Å². The first-order valence-corrected chi connectivity index (χ1v) is 8.34. The van der Waals surface area contributed by atoms with Crippen molar-refractivity contribution in [2.45, 2.75) is 11.7 Å². The van der Waals surface area contributed by atoms with E-state index in [0.717, 1.165) is 22.2 Å². The zero-order valence-electron chi connectivity index (χ0n) is 12.4. The molecule has 2 aromatic carbocycles. The minimum Gasteiger partial charge on any atom is -0.324 e. The van der Waals surface area contributed by atoms with Crippen molar-refractivity contribution in [2.75, 3.05) is 5.75 Å². The van der Waals surface area contributed by atoms with Gasteiger partial charge in [0.25, 0.3) is 0 Å². The molecule has 0 bridgehead atoms. The molecule has 0 amide bonds. The van der Waals surface area contributed by atoms with E-state index in [4.69, 9.17) is 5.73 Å². The van der Waals surface area contributed by atoms with Crippen molar-refractivity contribution in [3.63, 3.8) is 0 Å². The van der Waals surface area contributed by atoms with Gasteiger partial charge < -0.3 is 5.73 Å². The van der Waals surface area contributed by atoms with Crippen LogP contribution in [0.25, 0.3) is 11.1 Å². The highest BCUT2D eigenvalue weighted by Crippen LogP contribution is 2.25. The number of hydrogen-bond acceptors (Lipinski definition) is 5. The highest BCUT2D eigenvalue weighted by Gasteiger charge is 2.18. The lowest BCUT2D eigenvalue weighted by Crippen LogP contribution is -2.15. The molecule has 3 aromatic rings. The van der Waals surface area contributed by atoms with E-state index in [1.807, 2.05) is 18.2 Å². The van der Waals surface area contributed by atoms with Gasteiger partial charge in [0.1, 0.15) is 0 Å². The fourth-order valence-electron chi connectivity index (χ4n) is 2.52. The minimum atomic E-state index is 0.331. The number of hydrogen-bond donors (Lipinski definition) is 1. The largest absolute Gasteiger partial charge is 0.324 e. The van der Waals surface area contributed by atoms with E-state index in [2.05, 4.69) is 51.7 Å². The van der Waals surface area contributed by atoms with Crippen molar-refractivity contribution in [3.8, 4) is 11.1 Å². The predicted octanol–water partition coefficient (Wildman–Crippen LogP) is 2.76. The van der Waals surface area contributed by atoms with E-state index in [1.54, 1.807) is 16.4 Å². The van der Waals surface area contributed by atoms with Gasteiger partial charge in [0, 0.05) is 5.75 Å². The summed E-state index contributed by atoms with van der Waals surface area (Å²) in [6, 6.07) is 18.8. The Kier molecular flexibility index (Phi) is 3.69. The number of thioether (sulfide) groups is 1. The molecule has 6 heteroatoms. The molecule has 0 aliphatic carbocycles. The first-order valence-electron chi connectivity index (χ1n) is 7.36. The molecule has 2 heterocycles. The number of fused-ring (bicyclic) bond motifs is 1. The Morgan fingerprint density at radius 2 is 1.61 bits per heavy atom. The van der Waals surface area contributed by atoms with Gasteiger partial charge in [-0.3, -0.25) is 0 Å². The summed E-state index contributed by atoms with van der Waals surface area (Å²) in [5, 5.41) is 13.6. The molecular weight excluding hydrogens is 306 g/mol. The van der Waals surface area contributed by atoms with E-state index < -0.39 is 0 Å². The molecule has 0 unspecified atom stereocenters. The van der Waals surface area contributed by atoms with E-state index in [0.29, 0.717) is 12.4 Å². The summed E-state index contributed by atoms with van der Waals surface area (Å²) in [6.07, 6.45) is 0. The highest BCUT2D eigenvalue weighted by atomic mass is 32.2. The topological polar surface area (TPSA) is 69.1 Å². The van der Waals surface area contributed by atoms with Crippen LogP contribution in [0.4, 0.5) is 0 Å². The molecule has 0 atom stereocenters. The van der Waals surface area contributed by atoms with Crippen LogP contribution in [-0.4, -0.2) is 26.3 Å². The van der Waals surface area contributed by atoms with Crippen LogP contribution in [-0.2, 0) is 6.54 Å². The second kappa shape index (κ2) is 5.98. The van der Waals surface area contributed by atoms with E-state index in [-0.39, 0.29) is 0 Å². The monoisotopic (exact) mass is 321 g/mol. The second-order valence-electron chi connectivity index (χ2n) is 5.19. The van der Waals surface area contributed by atoms with Gasteiger partial charge in [-0.15, -0.1) is 10.2 Å². The molecule has 1 aliphatic heterocycles. The van der Waals surface area contributed by atoms with Gasteiger partial charge >= 0.3 is 0 Å². The summed E-state index contributed by atoms with van der Waals surface area (Å²) in [5.41, 5.74) is 10.2. The lowest BCUT2D eigenvalue weighted by Gasteiger charge is -2.14. The number of aromatic nitrogens is 3. The summed E-state index contributed by atoms with van der Waals surface area (Å²) in [5.74, 6) is 1.47. The van der Waals surface area contributed by atoms with E-state index in [9.17, 15) is 0 Å². The molecule has 0 spiro atoms. The van der Waals surface area contributed by atoms with Gasteiger partial charge in [0.05, 0.1) is 12.3 Å². The second-order valence-corrected chi connectivity index (χ2v) is 6.14. The molecule has 1 aromatic heterocycles. The fourth-order valence-corrected chi connectivity index (χ4v) is 3.38. The average molecular weight is 321 g/mol. The Bertz CT molecular complexity index is 852. The van der Waals surface area contributed by atoms with Crippen molar-refractivity contribution in [1.29, 1.82) is 0 Å². The maximum Gasteiger partial charge on any atom is 0.212 e. The number of rotatable bonds is 3. The summed E-state index contributed by atoms with van der Waals surface area (Å²) >= 11 is 1.63. The number of benzene rings is 2. The standard InChI is InChI=1S/C17H15N5S/c18-10-16-19-20-17-22(16)21-15(11-23-17)14-8-6-13(7-9-14)12-4-2-1-3-5-12/h1-9H,10-11,18H2. The lowest BCUT2D eigenvalue weighted by molar-refractivity contribution is 0.708. The SMILES string of the molecule is NCc1nnc2n1N=C(c1ccc(-c3ccccc3)cc1)CS2. The first kappa shape index (κ1) is 14.2. The van der Waals surface area contributed by atoms with Crippen molar-refractivity contribution in [3.05, 3.63) is 66.0 Å². The van der Waals surface area contributed by atoms with Crippen molar-refractivity contribution < 1.29 is 0 Å². The van der Waals surface area contributed by atoms with E-state index in [1.165, 1.54) is 11.1 Å². The van der Waals surface area contributed by atoms with Crippen molar-refractivity contribution >= 4 is 17.5 Å². The van der Waals surface area contributed by atoms with Crippen LogP contribution < -0.4 is 5.73 Å². The third-order valence-electron chi connectivity index (χ3n) is 3.74. The van der Waals surface area contributed by atoms with Gasteiger partial charge in [0.15, 0.2) is 5.82 Å². The predicted molar refractivity (Wildman–Crippen MR) is 92.5 cm³/mol. The Labute approximate surface area is 138 Å². The zero-order chi connectivity index (χ0) is 15.6. The zero-order valence-corrected chi connectivity index (χ0v) is 13.2. The maximum atomic E-state index is 5.68. The summed E-state index contributed by atoms with van der Waals surface area (Å²) in [4.78, 5) is 0. The van der Waals surface area contributed by atoms with Crippen LogP contribution in [0.2, 0.25) is 0 Å². The highest BCUT2D eigenvalue weighted by molar-refractivity contribution is 7.99. The van der Waals surface area contributed by atoms with Crippen molar-refractivity contribution in [2.24, 2.45) is 10.8 Å². The van der Waals surface area contributed by atoms with Gasteiger partial charge in [0.2, 0.25) is 5.16 Å². The Hall–Kier alpha value is -2.44. The quantitative estimate of drug-likeness (QED) is 0.805. The molecule has 2 N–H and O–H groups in total. The maximum absolute atomic E-state index is 5.68. The van der Waals surface area contributed by atoms with Crippen LogP contribution in [0.5, 0.6) is 0 Å². The molecule has 23 heavy (non-hydrogen) atoms. The van der Waals surface area contributed by atoms with Crippen LogP contribution in [0.3, 0.4) is 0 Å². The number of nitrogens with two attached hydrogens (primary N) is 1. The van der Waals surface area contributed by atoms with Crippen LogP contribution in [0.15, 0.2) is 64.9 Å². The third-order valence-corrected chi connectivity index (χ3v) is 4.67. The molecule has 114 valence electrons. The first-order chi connectivity index (χ1) is 11.3. The molecule has 1 aliphatic rings. The molecule has 0 radical (unpaired) electrons. The van der Waals surface area contributed by atoms with Gasteiger partial charge in [-0.2, -0.15) is 9.78 Å². The fraction of sp³-hybridized carbons (Fsp3) is 0.118. The average Bonchev–Trinajstić information content (AvgIpc) is 3.05. The van der Waals surface area contributed by atoms with Crippen LogP contribution >= 0.6 is 11.8 Å². The molecule has 4 rings (SSSR count). The smallest absolute Gasteiger partial charge is 0.212 e. The molecule has 0 saturated heterocycles. The molecule has 0 saturated carbocycles. The van der Waals surface area contributed by atoms with Gasteiger partial charge in [-0.05, 0) is 16.7 Å². The Balaban J connectivity index is 1.66. The Morgan fingerprint density at radius 3 is 2.35 bits per heavy atom. The van der Waals surface area contributed by atoms with E-state index >= 15 is 0 Å². The van der Waals surface area contributed by atoms with Gasteiger partial charge in [-0.1, -0.05) is 66.4 Å². The number of nitrogens with zero attached hydrogens (tertiary/aromatic N) is 4. The molecular formula is C17H15N5S. The third kappa shape index (κ3) is 2.67. The van der Waals surface area contributed by atoms with Gasteiger partial charge in [-0.25, -0.2) is 0 Å². The summed E-state index contributed by atoms with van der Waals surface area (Å²) < 4.78 is 1.74. The molecule has 0 fully saturated rings. The van der Waals surface area contributed by atoms with Crippen molar-refractivity contribution in [1.82, 2.24) is 14.9 Å². The summed E-state index contributed by atoms with van der Waals surface area (Å²) in [6.45, 7) is 0.331.